The molecule has 0 radical (unpaired) electrons. The molecule has 1 atom stereocenters. The number of nitrogens with zero attached hydrogens (tertiary/aromatic N) is 1. The van der Waals surface area contributed by atoms with Crippen LogP contribution in [0.5, 0.6) is 11.5 Å². The third-order valence-electron chi connectivity index (χ3n) is 5.23. The predicted molar refractivity (Wildman–Crippen MR) is 119 cm³/mol. The lowest BCUT2D eigenvalue weighted by molar-refractivity contribution is -0.126. The Morgan fingerprint density at radius 2 is 1.80 bits per heavy atom. The molecule has 5 nitrogen and oxygen atoms in total. The van der Waals surface area contributed by atoms with Crippen LogP contribution in [-0.4, -0.2) is 35.0 Å². The maximum absolute atomic E-state index is 12.4. The zero-order valence-corrected chi connectivity index (χ0v) is 17.8. The molecule has 1 aliphatic heterocycles. The van der Waals surface area contributed by atoms with Gasteiger partial charge < -0.3 is 9.47 Å². The number of thioether (sulfide) groups is 1. The summed E-state index contributed by atoms with van der Waals surface area (Å²) in [6, 6.07) is 20.1. The highest BCUT2D eigenvalue weighted by molar-refractivity contribution is 8.15. The van der Waals surface area contributed by atoms with E-state index in [1.165, 1.54) is 10.3 Å². The van der Waals surface area contributed by atoms with E-state index < -0.39 is 0 Å². The van der Waals surface area contributed by atoms with Crippen LogP contribution in [0.1, 0.15) is 18.1 Å². The molecule has 0 bridgehead atoms. The van der Waals surface area contributed by atoms with E-state index in [2.05, 4.69) is 24.3 Å². The number of ether oxygens (including phenoxy) is 2. The van der Waals surface area contributed by atoms with Crippen LogP contribution < -0.4 is 9.47 Å². The number of benzene rings is 3. The standard InChI is InChI=1S/C24H23NO4S/c1-3-25-23(26)22(30-24(25)27)14-16-11-12-20(21(13-16)28-2)29-15-18-9-6-8-17-7-4-5-10-19(17)18/h4-13,22H,3,14-15H2,1-2H3/t22-/m0/s1. The Morgan fingerprint density at radius 1 is 1.00 bits per heavy atom. The van der Waals surface area contributed by atoms with Gasteiger partial charge in [0.2, 0.25) is 5.91 Å². The summed E-state index contributed by atoms with van der Waals surface area (Å²) in [6.45, 7) is 2.64. The molecule has 1 aliphatic rings. The van der Waals surface area contributed by atoms with Crippen molar-refractivity contribution in [1.82, 2.24) is 4.90 Å². The topological polar surface area (TPSA) is 55.8 Å². The Labute approximate surface area is 180 Å². The molecule has 4 rings (SSSR count). The van der Waals surface area contributed by atoms with Crippen LogP contribution >= 0.6 is 11.8 Å². The van der Waals surface area contributed by atoms with Gasteiger partial charge in [-0.15, -0.1) is 0 Å². The second-order valence-corrected chi connectivity index (χ2v) is 8.23. The summed E-state index contributed by atoms with van der Waals surface area (Å²) < 4.78 is 11.6. The van der Waals surface area contributed by atoms with E-state index in [0.717, 1.165) is 28.3 Å². The maximum Gasteiger partial charge on any atom is 0.289 e. The van der Waals surface area contributed by atoms with Gasteiger partial charge in [-0.2, -0.15) is 0 Å². The van der Waals surface area contributed by atoms with E-state index >= 15 is 0 Å². The van der Waals surface area contributed by atoms with E-state index in [4.69, 9.17) is 9.47 Å². The van der Waals surface area contributed by atoms with E-state index in [0.29, 0.717) is 31.1 Å². The number of carbonyl (C=O) groups excluding carboxylic acids is 2. The zero-order valence-electron chi connectivity index (χ0n) is 17.0. The normalized spacial score (nSPS) is 16.3. The highest BCUT2D eigenvalue weighted by atomic mass is 32.2. The summed E-state index contributed by atoms with van der Waals surface area (Å²) in [5.74, 6) is 1.13. The summed E-state index contributed by atoms with van der Waals surface area (Å²) in [7, 11) is 1.60. The third kappa shape index (κ3) is 4.00. The van der Waals surface area contributed by atoms with Crippen LogP contribution in [-0.2, 0) is 17.8 Å². The van der Waals surface area contributed by atoms with Crippen molar-refractivity contribution < 1.29 is 19.1 Å². The van der Waals surface area contributed by atoms with Crippen LogP contribution in [0, 0.1) is 0 Å². The highest BCUT2D eigenvalue weighted by Gasteiger charge is 2.38. The quantitative estimate of drug-likeness (QED) is 0.534. The Morgan fingerprint density at radius 3 is 2.57 bits per heavy atom. The fraction of sp³-hybridized carbons (Fsp3) is 0.250. The summed E-state index contributed by atoms with van der Waals surface area (Å²) in [5.41, 5.74) is 2.03. The van der Waals surface area contributed by atoms with Gasteiger partial charge in [-0.25, -0.2) is 0 Å². The fourth-order valence-corrected chi connectivity index (χ4v) is 4.75. The van der Waals surface area contributed by atoms with Gasteiger partial charge >= 0.3 is 0 Å². The van der Waals surface area contributed by atoms with Gasteiger partial charge in [0.15, 0.2) is 11.5 Å². The lowest BCUT2D eigenvalue weighted by Gasteiger charge is -2.14. The molecule has 3 aromatic rings. The molecule has 154 valence electrons. The molecule has 0 unspecified atom stereocenters. The van der Waals surface area contributed by atoms with E-state index in [1.54, 1.807) is 7.11 Å². The Kier molecular flexibility index (Phi) is 5.95. The number of methoxy groups -OCH3 is 1. The van der Waals surface area contributed by atoms with E-state index in [9.17, 15) is 9.59 Å². The Hall–Kier alpha value is -2.99. The average molecular weight is 422 g/mol. The summed E-state index contributed by atoms with van der Waals surface area (Å²) in [4.78, 5) is 25.6. The molecule has 1 fully saturated rings. The summed E-state index contributed by atoms with van der Waals surface area (Å²) in [5, 5.41) is 1.78. The minimum Gasteiger partial charge on any atom is -0.493 e. The molecule has 0 N–H and O–H groups in total. The number of carbonyl (C=O) groups is 2. The predicted octanol–water partition coefficient (Wildman–Crippen LogP) is 5.05. The fourth-order valence-electron chi connectivity index (χ4n) is 3.66. The molecular formula is C24H23NO4S. The van der Waals surface area contributed by atoms with Gasteiger partial charge in [0.05, 0.1) is 12.4 Å². The molecule has 2 amide bonds. The zero-order chi connectivity index (χ0) is 21.1. The molecule has 1 heterocycles. The molecule has 1 saturated heterocycles. The van der Waals surface area contributed by atoms with Crippen molar-refractivity contribution >= 4 is 33.7 Å². The van der Waals surface area contributed by atoms with Gasteiger partial charge in [0.25, 0.3) is 5.24 Å². The largest absolute Gasteiger partial charge is 0.493 e. The first kappa shape index (κ1) is 20.3. The molecule has 0 spiro atoms. The van der Waals surface area contributed by atoms with Gasteiger partial charge in [0, 0.05) is 6.54 Å². The molecule has 6 heteroatoms. The number of amides is 2. The van der Waals surface area contributed by atoms with Crippen molar-refractivity contribution in [3.63, 3.8) is 0 Å². The number of rotatable bonds is 7. The summed E-state index contributed by atoms with van der Waals surface area (Å²) >= 11 is 1.09. The number of fused-ring (bicyclic) bond motifs is 1. The van der Waals surface area contributed by atoms with Gasteiger partial charge in [-0.3, -0.25) is 14.5 Å². The van der Waals surface area contributed by atoms with Crippen molar-refractivity contribution in [1.29, 1.82) is 0 Å². The van der Waals surface area contributed by atoms with Gasteiger partial charge in [0.1, 0.15) is 6.61 Å². The van der Waals surface area contributed by atoms with Crippen molar-refractivity contribution in [2.75, 3.05) is 13.7 Å². The first-order valence-electron chi connectivity index (χ1n) is 9.89. The number of imide groups is 1. The molecule has 0 aliphatic carbocycles. The van der Waals surface area contributed by atoms with Crippen molar-refractivity contribution in [2.24, 2.45) is 0 Å². The SMILES string of the molecule is CCN1C(=O)S[C@@H](Cc2ccc(OCc3cccc4ccccc34)c(OC)c2)C1=O. The number of hydrogen-bond donors (Lipinski definition) is 0. The maximum atomic E-state index is 12.4. The Bertz CT molecular complexity index is 1090. The Balaban J connectivity index is 1.49. The van der Waals surface area contributed by atoms with Crippen LogP contribution in [0.25, 0.3) is 10.8 Å². The van der Waals surface area contributed by atoms with Crippen LogP contribution in [0.4, 0.5) is 4.79 Å². The van der Waals surface area contributed by atoms with Crippen molar-refractivity contribution in [3.05, 3.63) is 71.8 Å². The van der Waals surface area contributed by atoms with E-state index in [1.807, 2.05) is 43.3 Å². The lowest BCUT2D eigenvalue weighted by atomic mass is 10.1. The smallest absolute Gasteiger partial charge is 0.289 e. The third-order valence-corrected chi connectivity index (χ3v) is 6.31. The lowest BCUT2D eigenvalue weighted by Crippen LogP contribution is -2.31. The number of hydrogen-bond acceptors (Lipinski definition) is 5. The minimum absolute atomic E-state index is 0.122. The molecular weight excluding hydrogens is 398 g/mol. The van der Waals surface area contributed by atoms with Crippen LogP contribution in [0.3, 0.4) is 0 Å². The average Bonchev–Trinajstić information content (AvgIpc) is 3.04. The molecule has 0 saturated carbocycles. The van der Waals surface area contributed by atoms with Crippen molar-refractivity contribution in [3.8, 4) is 11.5 Å². The van der Waals surface area contributed by atoms with E-state index in [-0.39, 0.29) is 16.4 Å². The summed E-state index contributed by atoms with van der Waals surface area (Å²) in [6.07, 6.45) is 0.478. The monoisotopic (exact) mass is 421 g/mol. The molecule has 0 aromatic heterocycles. The van der Waals surface area contributed by atoms with Crippen molar-refractivity contribution in [2.45, 2.75) is 25.2 Å². The molecule has 30 heavy (non-hydrogen) atoms. The molecule has 3 aromatic carbocycles. The van der Waals surface area contributed by atoms with Gasteiger partial charge in [-0.05, 0) is 47.4 Å². The second kappa shape index (κ2) is 8.79. The second-order valence-electron chi connectivity index (χ2n) is 7.07. The first-order chi connectivity index (χ1) is 14.6. The minimum atomic E-state index is -0.385. The van der Waals surface area contributed by atoms with Crippen LogP contribution in [0.15, 0.2) is 60.7 Å². The van der Waals surface area contributed by atoms with Crippen LogP contribution in [0.2, 0.25) is 0 Å². The first-order valence-corrected chi connectivity index (χ1v) is 10.8. The highest BCUT2D eigenvalue weighted by Crippen LogP contribution is 2.33. The van der Waals surface area contributed by atoms with Gasteiger partial charge in [-0.1, -0.05) is 60.3 Å².